The normalized spacial score (nSPS) is 10.4. The molecule has 0 aliphatic heterocycles. The van der Waals surface area contributed by atoms with Gasteiger partial charge in [0.05, 0.1) is 30.6 Å². The smallest absolute Gasteiger partial charge is 0.411 e. The van der Waals surface area contributed by atoms with E-state index in [9.17, 15) is 14.4 Å². The number of nitrogens with zero attached hydrogens (tertiary/aromatic N) is 2. The summed E-state index contributed by atoms with van der Waals surface area (Å²) < 4.78 is 6.36. The third-order valence-corrected chi connectivity index (χ3v) is 4.10. The molecule has 29 heavy (non-hydrogen) atoms. The van der Waals surface area contributed by atoms with Gasteiger partial charge < -0.3 is 14.4 Å². The Bertz CT molecular complexity index is 1090. The van der Waals surface area contributed by atoms with Crippen molar-refractivity contribution in [2.45, 2.75) is 13.5 Å². The van der Waals surface area contributed by atoms with Crippen LogP contribution in [0.15, 0.2) is 65.7 Å². The SMILES string of the molecule is CCOC(=O)Nc1cccc(Cn2cc(-c3ccc(C(=O)O)cc3)ncc2=O)c1. The maximum absolute atomic E-state index is 12.2. The van der Waals surface area contributed by atoms with Gasteiger partial charge in [-0.05, 0) is 36.8 Å². The van der Waals surface area contributed by atoms with Crippen LogP contribution >= 0.6 is 0 Å². The van der Waals surface area contributed by atoms with Crippen LogP contribution in [0.2, 0.25) is 0 Å². The monoisotopic (exact) mass is 393 g/mol. The molecule has 1 aromatic heterocycles. The molecule has 0 aliphatic rings. The van der Waals surface area contributed by atoms with Crippen molar-refractivity contribution >= 4 is 17.7 Å². The average Bonchev–Trinajstić information content (AvgIpc) is 2.70. The maximum Gasteiger partial charge on any atom is 0.411 e. The van der Waals surface area contributed by atoms with E-state index in [1.165, 1.54) is 22.9 Å². The Morgan fingerprint density at radius 2 is 1.93 bits per heavy atom. The van der Waals surface area contributed by atoms with Crippen molar-refractivity contribution in [1.82, 2.24) is 9.55 Å². The number of anilines is 1. The summed E-state index contributed by atoms with van der Waals surface area (Å²) in [5.41, 5.74) is 2.50. The van der Waals surface area contributed by atoms with Gasteiger partial charge in [-0.2, -0.15) is 0 Å². The zero-order valence-corrected chi connectivity index (χ0v) is 15.7. The molecule has 0 radical (unpaired) electrons. The summed E-state index contributed by atoms with van der Waals surface area (Å²) in [6.07, 6.45) is 2.29. The van der Waals surface area contributed by atoms with Crippen LogP contribution < -0.4 is 10.9 Å². The number of benzene rings is 2. The van der Waals surface area contributed by atoms with E-state index < -0.39 is 12.1 Å². The van der Waals surface area contributed by atoms with Crippen LogP contribution in [0.4, 0.5) is 10.5 Å². The first-order valence-electron chi connectivity index (χ1n) is 8.89. The summed E-state index contributed by atoms with van der Waals surface area (Å²) in [7, 11) is 0. The van der Waals surface area contributed by atoms with Gasteiger partial charge in [-0.25, -0.2) is 14.6 Å². The van der Waals surface area contributed by atoms with Crippen LogP contribution in [0.3, 0.4) is 0 Å². The highest BCUT2D eigenvalue weighted by Gasteiger charge is 2.08. The molecule has 2 N–H and O–H groups in total. The van der Waals surface area contributed by atoms with E-state index >= 15 is 0 Å². The van der Waals surface area contributed by atoms with Gasteiger partial charge in [-0.1, -0.05) is 24.3 Å². The zero-order valence-electron chi connectivity index (χ0n) is 15.7. The highest BCUT2D eigenvalue weighted by molar-refractivity contribution is 5.88. The Morgan fingerprint density at radius 1 is 1.17 bits per heavy atom. The van der Waals surface area contributed by atoms with Crippen molar-refractivity contribution in [2.75, 3.05) is 11.9 Å². The first-order valence-corrected chi connectivity index (χ1v) is 8.89. The Hall–Kier alpha value is -3.94. The fraction of sp³-hybridized carbons (Fsp3) is 0.143. The number of hydrogen-bond acceptors (Lipinski definition) is 5. The number of rotatable bonds is 6. The molecule has 8 heteroatoms. The lowest BCUT2D eigenvalue weighted by molar-refractivity contribution is 0.0697. The number of amides is 1. The number of nitrogens with one attached hydrogen (secondary N) is 1. The Balaban J connectivity index is 1.83. The first kappa shape index (κ1) is 19.8. The van der Waals surface area contributed by atoms with E-state index in [4.69, 9.17) is 9.84 Å². The largest absolute Gasteiger partial charge is 0.478 e. The maximum atomic E-state index is 12.2. The molecule has 148 valence electrons. The van der Waals surface area contributed by atoms with E-state index in [1.54, 1.807) is 43.5 Å². The molecule has 0 fully saturated rings. The van der Waals surface area contributed by atoms with Gasteiger partial charge in [0.25, 0.3) is 5.56 Å². The van der Waals surface area contributed by atoms with Gasteiger partial charge in [-0.15, -0.1) is 0 Å². The van der Waals surface area contributed by atoms with Crippen molar-refractivity contribution in [3.05, 3.63) is 82.4 Å². The molecule has 1 amide bonds. The van der Waals surface area contributed by atoms with Gasteiger partial charge in [0, 0.05) is 17.4 Å². The number of carbonyl (C=O) groups excluding carboxylic acids is 1. The minimum atomic E-state index is -1.01. The zero-order chi connectivity index (χ0) is 20.8. The number of aromatic nitrogens is 2. The molecule has 8 nitrogen and oxygen atoms in total. The van der Waals surface area contributed by atoms with Gasteiger partial charge in [0.2, 0.25) is 0 Å². The lowest BCUT2D eigenvalue weighted by atomic mass is 10.1. The number of ether oxygens (including phenoxy) is 1. The summed E-state index contributed by atoms with van der Waals surface area (Å²) in [6.45, 7) is 2.27. The van der Waals surface area contributed by atoms with Crippen molar-refractivity contribution in [3.63, 3.8) is 0 Å². The molecule has 0 atom stereocenters. The van der Waals surface area contributed by atoms with Crippen molar-refractivity contribution in [1.29, 1.82) is 0 Å². The molecular formula is C21H19N3O5. The van der Waals surface area contributed by atoms with Crippen LogP contribution in [0.5, 0.6) is 0 Å². The van der Waals surface area contributed by atoms with Gasteiger partial charge in [0.15, 0.2) is 0 Å². The molecule has 0 aliphatic carbocycles. The van der Waals surface area contributed by atoms with Gasteiger partial charge in [-0.3, -0.25) is 10.1 Å². The Morgan fingerprint density at radius 3 is 2.62 bits per heavy atom. The molecule has 2 aromatic carbocycles. The van der Waals surface area contributed by atoms with Crippen LogP contribution in [0.1, 0.15) is 22.8 Å². The number of carboxylic acids is 1. The number of hydrogen-bond donors (Lipinski definition) is 2. The van der Waals surface area contributed by atoms with Gasteiger partial charge >= 0.3 is 12.1 Å². The summed E-state index contributed by atoms with van der Waals surface area (Å²) in [5.74, 6) is -1.01. The van der Waals surface area contributed by atoms with Crippen LogP contribution in [0.25, 0.3) is 11.3 Å². The molecular weight excluding hydrogens is 374 g/mol. The molecule has 1 heterocycles. The van der Waals surface area contributed by atoms with E-state index in [0.29, 0.717) is 16.9 Å². The lowest BCUT2D eigenvalue weighted by Crippen LogP contribution is -2.20. The second kappa shape index (κ2) is 8.83. The summed E-state index contributed by atoms with van der Waals surface area (Å²) >= 11 is 0. The van der Waals surface area contributed by atoms with E-state index in [2.05, 4.69) is 10.3 Å². The highest BCUT2D eigenvalue weighted by atomic mass is 16.5. The Labute approximate surface area is 166 Å². The molecule has 0 saturated carbocycles. The molecule has 3 aromatic rings. The number of carboxylic acid groups (broad SMARTS) is 1. The molecule has 0 saturated heterocycles. The fourth-order valence-electron chi connectivity index (χ4n) is 2.73. The average molecular weight is 393 g/mol. The van der Waals surface area contributed by atoms with Crippen molar-refractivity contribution < 1.29 is 19.4 Å². The van der Waals surface area contributed by atoms with Crippen LogP contribution in [-0.4, -0.2) is 33.3 Å². The van der Waals surface area contributed by atoms with Crippen molar-refractivity contribution in [3.8, 4) is 11.3 Å². The number of aromatic carboxylic acids is 1. The van der Waals surface area contributed by atoms with E-state index in [0.717, 1.165) is 5.56 Å². The third-order valence-electron chi connectivity index (χ3n) is 4.10. The third kappa shape index (κ3) is 5.07. The standard InChI is InChI=1S/C21H19N3O5/c1-2-29-21(28)23-17-5-3-4-14(10-17)12-24-13-18(22-11-19(24)25)15-6-8-16(9-7-15)20(26)27/h3-11,13H,2,12H2,1H3,(H,23,28)(H,26,27). The second-order valence-corrected chi connectivity index (χ2v) is 6.17. The lowest BCUT2D eigenvalue weighted by Gasteiger charge is -2.10. The molecule has 3 rings (SSSR count). The molecule has 0 unspecified atom stereocenters. The van der Waals surface area contributed by atoms with Crippen LogP contribution in [-0.2, 0) is 11.3 Å². The topological polar surface area (TPSA) is 111 Å². The predicted octanol–water partition coefficient (Wildman–Crippen LogP) is 3.23. The summed E-state index contributed by atoms with van der Waals surface area (Å²) in [4.78, 5) is 38.9. The molecule has 0 spiro atoms. The summed E-state index contributed by atoms with van der Waals surface area (Å²) in [5, 5.41) is 11.6. The van der Waals surface area contributed by atoms with E-state index in [-0.39, 0.29) is 24.3 Å². The first-order chi connectivity index (χ1) is 14.0. The summed E-state index contributed by atoms with van der Waals surface area (Å²) in [6, 6.07) is 13.4. The van der Waals surface area contributed by atoms with E-state index in [1.807, 2.05) is 6.07 Å². The predicted molar refractivity (Wildman–Crippen MR) is 107 cm³/mol. The second-order valence-electron chi connectivity index (χ2n) is 6.17. The minimum absolute atomic E-state index is 0.174. The minimum Gasteiger partial charge on any atom is -0.478 e. The Kier molecular flexibility index (Phi) is 6.03. The van der Waals surface area contributed by atoms with Gasteiger partial charge in [0.1, 0.15) is 0 Å². The molecule has 0 bridgehead atoms. The fourth-order valence-corrected chi connectivity index (χ4v) is 2.73. The van der Waals surface area contributed by atoms with Crippen LogP contribution in [0, 0.1) is 0 Å². The number of carbonyl (C=O) groups is 2. The highest BCUT2D eigenvalue weighted by Crippen LogP contribution is 2.17. The quantitative estimate of drug-likeness (QED) is 0.665. The van der Waals surface area contributed by atoms with Crippen molar-refractivity contribution in [2.24, 2.45) is 0 Å².